The second-order valence-electron chi connectivity index (χ2n) is 6.45. The number of anilines is 1. The summed E-state index contributed by atoms with van der Waals surface area (Å²) in [4.78, 5) is 2.37. The summed E-state index contributed by atoms with van der Waals surface area (Å²) in [6.07, 6.45) is 0. The molecule has 0 bridgehead atoms. The Kier molecular flexibility index (Phi) is 6.39. The minimum absolute atomic E-state index is 0.263. The number of ether oxygens (including phenoxy) is 4. The molecule has 0 radical (unpaired) electrons. The fraction of sp³-hybridized carbons (Fsp3) is 0.400. The van der Waals surface area contributed by atoms with Gasteiger partial charge in [0.2, 0.25) is 15.8 Å². The summed E-state index contributed by atoms with van der Waals surface area (Å²) in [5.41, 5.74) is 0.890. The van der Waals surface area contributed by atoms with Crippen LogP contribution in [0.3, 0.4) is 0 Å². The number of hydrogen-bond donors (Lipinski definition) is 0. The summed E-state index contributed by atoms with van der Waals surface area (Å²) in [6, 6.07) is 10.2. The van der Waals surface area contributed by atoms with Gasteiger partial charge in [-0.15, -0.1) is 0 Å². The maximum absolute atomic E-state index is 12.9. The van der Waals surface area contributed by atoms with Crippen LogP contribution in [0.25, 0.3) is 0 Å². The molecule has 0 amide bonds. The van der Waals surface area contributed by atoms with Crippen molar-refractivity contribution in [2.75, 3.05) is 59.5 Å². The summed E-state index contributed by atoms with van der Waals surface area (Å²) in [6.45, 7) is 1.86. The topological polar surface area (TPSA) is 77.5 Å². The van der Waals surface area contributed by atoms with E-state index < -0.39 is 10.0 Å². The highest BCUT2D eigenvalue weighted by molar-refractivity contribution is 7.89. The first-order valence-electron chi connectivity index (χ1n) is 9.13. The van der Waals surface area contributed by atoms with E-state index >= 15 is 0 Å². The van der Waals surface area contributed by atoms with Gasteiger partial charge in [-0.05, 0) is 24.3 Å². The van der Waals surface area contributed by atoms with Crippen molar-refractivity contribution in [2.45, 2.75) is 4.90 Å². The van der Waals surface area contributed by atoms with Crippen molar-refractivity contribution in [1.29, 1.82) is 0 Å². The molecular formula is C20H26N2O6S. The van der Waals surface area contributed by atoms with E-state index in [9.17, 15) is 8.42 Å². The minimum Gasteiger partial charge on any atom is -0.497 e. The fourth-order valence-electron chi connectivity index (χ4n) is 3.33. The van der Waals surface area contributed by atoms with E-state index in [0.29, 0.717) is 49.2 Å². The number of methoxy groups -OCH3 is 4. The summed E-state index contributed by atoms with van der Waals surface area (Å²) < 4.78 is 48.6. The summed E-state index contributed by atoms with van der Waals surface area (Å²) in [5.74, 6) is 2.28. The van der Waals surface area contributed by atoms with Crippen LogP contribution < -0.4 is 23.8 Å². The Bertz CT molecular complexity index is 913. The van der Waals surface area contributed by atoms with Gasteiger partial charge in [0.1, 0.15) is 5.75 Å². The van der Waals surface area contributed by atoms with Gasteiger partial charge in [0.05, 0.1) is 33.3 Å². The molecule has 1 aliphatic heterocycles. The van der Waals surface area contributed by atoms with Crippen LogP contribution in [-0.4, -0.2) is 67.3 Å². The molecule has 1 heterocycles. The van der Waals surface area contributed by atoms with Crippen LogP contribution >= 0.6 is 0 Å². The van der Waals surface area contributed by atoms with E-state index in [1.807, 2.05) is 12.1 Å². The van der Waals surface area contributed by atoms with Gasteiger partial charge >= 0.3 is 0 Å². The lowest BCUT2D eigenvalue weighted by Gasteiger charge is -2.35. The first-order valence-corrected chi connectivity index (χ1v) is 10.6. The normalized spacial score (nSPS) is 15.1. The number of benzene rings is 2. The monoisotopic (exact) mass is 422 g/mol. The molecule has 2 aromatic rings. The first-order chi connectivity index (χ1) is 13.9. The van der Waals surface area contributed by atoms with Gasteiger partial charge in [-0.25, -0.2) is 8.42 Å². The average molecular weight is 423 g/mol. The maximum atomic E-state index is 12.9. The molecule has 0 spiro atoms. The zero-order chi connectivity index (χ0) is 21.0. The Morgan fingerprint density at radius 3 is 1.76 bits per heavy atom. The minimum atomic E-state index is -3.55. The molecule has 1 aliphatic rings. The van der Waals surface area contributed by atoms with Crippen molar-refractivity contribution in [3.63, 3.8) is 0 Å². The van der Waals surface area contributed by atoms with Gasteiger partial charge < -0.3 is 23.8 Å². The molecule has 0 saturated carbocycles. The van der Waals surface area contributed by atoms with Crippen molar-refractivity contribution < 1.29 is 27.4 Å². The van der Waals surface area contributed by atoms with Crippen LogP contribution in [0.1, 0.15) is 0 Å². The molecule has 0 aromatic heterocycles. The second kappa shape index (κ2) is 8.79. The average Bonchev–Trinajstić information content (AvgIpc) is 2.78. The van der Waals surface area contributed by atoms with E-state index in [2.05, 4.69) is 4.90 Å². The van der Waals surface area contributed by atoms with Crippen molar-refractivity contribution in [2.24, 2.45) is 0 Å². The molecule has 0 aliphatic carbocycles. The molecule has 0 unspecified atom stereocenters. The van der Waals surface area contributed by atoms with Crippen molar-refractivity contribution in [3.05, 3.63) is 36.4 Å². The predicted octanol–water partition coefficient (Wildman–Crippen LogP) is 2.23. The van der Waals surface area contributed by atoms with Crippen molar-refractivity contribution >= 4 is 15.7 Å². The smallest absolute Gasteiger partial charge is 0.243 e. The van der Waals surface area contributed by atoms with E-state index in [1.54, 1.807) is 52.7 Å². The van der Waals surface area contributed by atoms with E-state index in [0.717, 1.165) is 5.69 Å². The summed E-state index contributed by atoms with van der Waals surface area (Å²) in [5, 5.41) is 0. The van der Waals surface area contributed by atoms with Crippen molar-refractivity contribution in [1.82, 2.24) is 4.31 Å². The van der Waals surface area contributed by atoms with Crippen LogP contribution in [0.2, 0.25) is 0 Å². The van der Waals surface area contributed by atoms with Gasteiger partial charge in [0, 0.05) is 44.0 Å². The Hall–Kier alpha value is -2.65. The van der Waals surface area contributed by atoms with E-state index in [1.165, 1.54) is 4.31 Å². The Labute approximate surface area is 171 Å². The van der Waals surface area contributed by atoms with Crippen LogP contribution in [0, 0.1) is 0 Å². The second-order valence-corrected chi connectivity index (χ2v) is 8.39. The molecule has 158 valence electrons. The number of piperazine rings is 1. The van der Waals surface area contributed by atoms with Crippen LogP contribution in [0.15, 0.2) is 41.3 Å². The SMILES string of the molecule is COc1ccc(S(=O)(=O)N2CCN(c3cc(OC)c(OC)c(OC)c3)CC2)cc1. The highest BCUT2D eigenvalue weighted by Gasteiger charge is 2.29. The third-order valence-corrected chi connectivity index (χ3v) is 6.86. The maximum Gasteiger partial charge on any atom is 0.243 e. The lowest BCUT2D eigenvalue weighted by atomic mass is 10.2. The van der Waals surface area contributed by atoms with Crippen LogP contribution in [0.5, 0.6) is 23.0 Å². The Morgan fingerprint density at radius 2 is 1.31 bits per heavy atom. The standard InChI is InChI=1S/C20H26N2O6S/c1-25-16-5-7-17(8-6-16)29(23,24)22-11-9-21(10-12-22)15-13-18(26-2)20(28-4)19(14-15)27-3/h5-8,13-14H,9-12H2,1-4H3. The summed E-state index contributed by atoms with van der Waals surface area (Å²) >= 11 is 0. The third-order valence-electron chi connectivity index (χ3n) is 4.95. The van der Waals surface area contributed by atoms with Crippen LogP contribution in [0.4, 0.5) is 5.69 Å². The summed E-state index contributed by atoms with van der Waals surface area (Å²) in [7, 11) is 2.70. The fourth-order valence-corrected chi connectivity index (χ4v) is 4.76. The molecule has 9 heteroatoms. The molecule has 2 aromatic carbocycles. The Balaban J connectivity index is 1.76. The van der Waals surface area contributed by atoms with Gasteiger partial charge in [0.25, 0.3) is 0 Å². The predicted molar refractivity (Wildman–Crippen MR) is 110 cm³/mol. The van der Waals surface area contributed by atoms with Gasteiger partial charge in [-0.1, -0.05) is 0 Å². The third kappa shape index (κ3) is 4.20. The van der Waals surface area contributed by atoms with E-state index in [4.69, 9.17) is 18.9 Å². The highest BCUT2D eigenvalue weighted by atomic mass is 32.2. The zero-order valence-electron chi connectivity index (χ0n) is 17.0. The van der Waals surface area contributed by atoms with Gasteiger partial charge in [-0.3, -0.25) is 0 Å². The number of nitrogens with zero attached hydrogens (tertiary/aromatic N) is 2. The largest absolute Gasteiger partial charge is 0.497 e. The van der Waals surface area contributed by atoms with Gasteiger partial charge in [-0.2, -0.15) is 4.31 Å². The molecule has 0 atom stereocenters. The first kappa shape index (κ1) is 21.1. The molecule has 29 heavy (non-hydrogen) atoms. The molecule has 1 saturated heterocycles. The Morgan fingerprint density at radius 1 is 0.759 bits per heavy atom. The molecule has 3 rings (SSSR count). The number of rotatable bonds is 7. The number of sulfonamides is 1. The quantitative estimate of drug-likeness (QED) is 0.677. The van der Waals surface area contributed by atoms with Gasteiger partial charge in [0.15, 0.2) is 11.5 Å². The molecule has 1 fully saturated rings. The number of hydrogen-bond acceptors (Lipinski definition) is 7. The lowest BCUT2D eigenvalue weighted by molar-refractivity contribution is 0.324. The van der Waals surface area contributed by atoms with Crippen molar-refractivity contribution in [3.8, 4) is 23.0 Å². The molecule has 8 nitrogen and oxygen atoms in total. The lowest BCUT2D eigenvalue weighted by Crippen LogP contribution is -2.48. The highest BCUT2D eigenvalue weighted by Crippen LogP contribution is 2.41. The molecule has 0 N–H and O–H groups in total. The van der Waals surface area contributed by atoms with E-state index in [-0.39, 0.29) is 4.90 Å². The van der Waals surface area contributed by atoms with Crippen LogP contribution in [-0.2, 0) is 10.0 Å². The zero-order valence-corrected chi connectivity index (χ0v) is 17.9. The molecular weight excluding hydrogens is 396 g/mol.